The molecule has 0 saturated heterocycles. The van der Waals surface area contributed by atoms with Crippen LogP contribution in [-0.2, 0) is 6.42 Å². The average Bonchev–Trinajstić information content (AvgIpc) is 2.63. The molecule has 0 bridgehead atoms. The van der Waals surface area contributed by atoms with Gasteiger partial charge in [-0.05, 0) is 37.8 Å². The van der Waals surface area contributed by atoms with Crippen LogP contribution in [0, 0.1) is 0 Å². The van der Waals surface area contributed by atoms with Crippen molar-refractivity contribution in [1.82, 2.24) is 0 Å². The molecule has 14 heavy (non-hydrogen) atoms. The Morgan fingerprint density at radius 2 is 2.21 bits per heavy atom. The Morgan fingerprint density at radius 1 is 1.50 bits per heavy atom. The molecule has 0 aliphatic heterocycles. The molecule has 1 aliphatic carbocycles. The lowest BCUT2D eigenvalue weighted by Gasteiger charge is -2.34. The molecular weight excluding hydrogens is 178 g/mol. The molecule has 1 heterocycles. The molecule has 3 heteroatoms. The number of aliphatic hydroxyl groups is 1. The lowest BCUT2D eigenvalue weighted by molar-refractivity contribution is -0.00380. The van der Waals surface area contributed by atoms with E-state index in [0.717, 1.165) is 31.4 Å². The van der Waals surface area contributed by atoms with E-state index in [9.17, 15) is 5.11 Å². The highest BCUT2D eigenvalue weighted by molar-refractivity contribution is 5.04. The molecule has 0 radical (unpaired) electrons. The maximum absolute atomic E-state index is 10.2. The van der Waals surface area contributed by atoms with Crippen molar-refractivity contribution < 1.29 is 9.52 Å². The van der Waals surface area contributed by atoms with E-state index in [-0.39, 0.29) is 6.04 Å². The SMILES string of the molecule is NC1CCC(O)(Cc2ccco2)CC1. The van der Waals surface area contributed by atoms with Crippen molar-refractivity contribution in [2.75, 3.05) is 0 Å². The molecule has 78 valence electrons. The van der Waals surface area contributed by atoms with E-state index in [1.54, 1.807) is 6.26 Å². The molecule has 1 aliphatic rings. The number of furan rings is 1. The summed E-state index contributed by atoms with van der Waals surface area (Å²) in [5.74, 6) is 0.864. The number of rotatable bonds is 2. The number of hydrogen-bond acceptors (Lipinski definition) is 3. The van der Waals surface area contributed by atoms with E-state index in [1.165, 1.54) is 0 Å². The lowest BCUT2D eigenvalue weighted by Crippen LogP contribution is -2.40. The van der Waals surface area contributed by atoms with Gasteiger partial charge in [0.05, 0.1) is 11.9 Å². The van der Waals surface area contributed by atoms with Crippen LogP contribution in [0.3, 0.4) is 0 Å². The van der Waals surface area contributed by atoms with Crippen molar-refractivity contribution in [3.05, 3.63) is 24.2 Å². The molecule has 1 saturated carbocycles. The van der Waals surface area contributed by atoms with Gasteiger partial charge in [0.25, 0.3) is 0 Å². The molecule has 0 unspecified atom stereocenters. The summed E-state index contributed by atoms with van der Waals surface area (Å²) in [6.07, 6.45) is 5.66. The second-order valence-corrected chi connectivity index (χ2v) is 4.32. The fourth-order valence-electron chi connectivity index (χ4n) is 2.09. The van der Waals surface area contributed by atoms with E-state index in [1.807, 2.05) is 12.1 Å². The van der Waals surface area contributed by atoms with Crippen LogP contribution in [0.25, 0.3) is 0 Å². The zero-order chi connectivity index (χ0) is 10.0. The van der Waals surface area contributed by atoms with Gasteiger partial charge >= 0.3 is 0 Å². The molecular formula is C11H17NO2. The summed E-state index contributed by atoms with van der Waals surface area (Å²) in [7, 11) is 0. The molecule has 0 aromatic carbocycles. The van der Waals surface area contributed by atoms with Gasteiger partial charge in [0, 0.05) is 12.5 Å². The normalized spacial score (nSPS) is 33.1. The summed E-state index contributed by atoms with van der Waals surface area (Å²) < 4.78 is 5.24. The van der Waals surface area contributed by atoms with E-state index < -0.39 is 5.60 Å². The van der Waals surface area contributed by atoms with Gasteiger partial charge in [-0.25, -0.2) is 0 Å². The minimum absolute atomic E-state index is 0.270. The van der Waals surface area contributed by atoms with Crippen molar-refractivity contribution in [2.24, 2.45) is 5.73 Å². The fraction of sp³-hybridized carbons (Fsp3) is 0.636. The Morgan fingerprint density at radius 3 is 2.79 bits per heavy atom. The molecule has 2 rings (SSSR count). The van der Waals surface area contributed by atoms with Crippen LogP contribution in [0.1, 0.15) is 31.4 Å². The standard InChI is InChI=1S/C11H17NO2/c12-9-3-5-11(13,6-4-9)8-10-2-1-7-14-10/h1-2,7,9,13H,3-6,8,12H2. The topological polar surface area (TPSA) is 59.4 Å². The van der Waals surface area contributed by atoms with Gasteiger partial charge in [0.2, 0.25) is 0 Å². The van der Waals surface area contributed by atoms with Crippen LogP contribution in [0.2, 0.25) is 0 Å². The van der Waals surface area contributed by atoms with Gasteiger partial charge < -0.3 is 15.3 Å². The molecule has 0 spiro atoms. The van der Waals surface area contributed by atoms with Crippen molar-refractivity contribution in [1.29, 1.82) is 0 Å². The first-order chi connectivity index (χ1) is 6.68. The summed E-state index contributed by atoms with van der Waals surface area (Å²) in [4.78, 5) is 0. The summed E-state index contributed by atoms with van der Waals surface area (Å²) in [5, 5.41) is 10.2. The molecule has 1 fully saturated rings. The maximum atomic E-state index is 10.2. The van der Waals surface area contributed by atoms with Gasteiger partial charge in [0.1, 0.15) is 5.76 Å². The highest BCUT2D eigenvalue weighted by Gasteiger charge is 2.32. The van der Waals surface area contributed by atoms with E-state index in [4.69, 9.17) is 10.2 Å². The van der Waals surface area contributed by atoms with Gasteiger partial charge in [-0.1, -0.05) is 0 Å². The number of nitrogens with two attached hydrogens (primary N) is 1. The van der Waals surface area contributed by atoms with Crippen LogP contribution in [0.4, 0.5) is 0 Å². The molecule has 3 nitrogen and oxygen atoms in total. The summed E-state index contributed by atoms with van der Waals surface area (Å²) in [5.41, 5.74) is 5.21. The summed E-state index contributed by atoms with van der Waals surface area (Å²) in [6.45, 7) is 0. The molecule has 0 atom stereocenters. The Hall–Kier alpha value is -0.800. The van der Waals surface area contributed by atoms with Gasteiger partial charge in [-0.15, -0.1) is 0 Å². The molecule has 1 aromatic rings. The third-order valence-corrected chi connectivity index (χ3v) is 3.04. The van der Waals surface area contributed by atoms with Crippen LogP contribution >= 0.6 is 0 Å². The highest BCUT2D eigenvalue weighted by atomic mass is 16.3. The van der Waals surface area contributed by atoms with Crippen LogP contribution < -0.4 is 5.73 Å². The maximum Gasteiger partial charge on any atom is 0.106 e. The Bertz CT molecular complexity index is 273. The second-order valence-electron chi connectivity index (χ2n) is 4.32. The largest absolute Gasteiger partial charge is 0.469 e. The van der Waals surface area contributed by atoms with Crippen molar-refractivity contribution in [2.45, 2.75) is 43.7 Å². The Balaban J connectivity index is 1.96. The zero-order valence-corrected chi connectivity index (χ0v) is 8.28. The molecule has 1 aromatic heterocycles. The second kappa shape index (κ2) is 3.75. The van der Waals surface area contributed by atoms with Crippen molar-refractivity contribution >= 4 is 0 Å². The monoisotopic (exact) mass is 195 g/mol. The van der Waals surface area contributed by atoms with Gasteiger partial charge in [-0.2, -0.15) is 0 Å². The van der Waals surface area contributed by atoms with Gasteiger partial charge in [-0.3, -0.25) is 0 Å². The summed E-state index contributed by atoms with van der Waals surface area (Å²) >= 11 is 0. The first-order valence-corrected chi connectivity index (χ1v) is 5.18. The quantitative estimate of drug-likeness (QED) is 0.751. The molecule has 0 amide bonds. The zero-order valence-electron chi connectivity index (χ0n) is 8.28. The lowest BCUT2D eigenvalue weighted by atomic mass is 9.80. The highest BCUT2D eigenvalue weighted by Crippen LogP contribution is 2.30. The first-order valence-electron chi connectivity index (χ1n) is 5.18. The number of hydrogen-bond donors (Lipinski definition) is 2. The summed E-state index contributed by atoms with van der Waals surface area (Å²) in [6, 6.07) is 4.03. The van der Waals surface area contributed by atoms with Crippen LogP contribution in [-0.4, -0.2) is 16.7 Å². The Kier molecular flexibility index (Phi) is 2.61. The predicted molar refractivity (Wildman–Crippen MR) is 53.8 cm³/mol. The van der Waals surface area contributed by atoms with Crippen LogP contribution in [0.5, 0.6) is 0 Å². The average molecular weight is 195 g/mol. The van der Waals surface area contributed by atoms with Crippen molar-refractivity contribution in [3.8, 4) is 0 Å². The smallest absolute Gasteiger partial charge is 0.106 e. The van der Waals surface area contributed by atoms with E-state index >= 15 is 0 Å². The fourth-order valence-corrected chi connectivity index (χ4v) is 2.09. The van der Waals surface area contributed by atoms with E-state index in [2.05, 4.69) is 0 Å². The minimum Gasteiger partial charge on any atom is -0.469 e. The predicted octanol–water partition coefficient (Wildman–Crippen LogP) is 1.45. The third-order valence-electron chi connectivity index (χ3n) is 3.04. The third kappa shape index (κ3) is 2.16. The van der Waals surface area contributed by atoms with Gasteiger partial charge in [0.15, 0.2) is 0 Å². The Labute approximate surface area is 83.9 Å². The first kappa shape index (κ1) is 9.74. The van der Waals surface area contributed by atoms with Crippen molar-refractivity contribution in [3.63, 3.8) is 0 Å². The van der Waals surface area contributed by atoms with Crippen LogP contribution in [0.15, 0.2) is 22.8 Å². The minimum atomic E-state index is -0.590. The van der Waals surface area contributed by atoms with E-state index in [0.29, 0.717) is 6.42 Å². The molecule has 3 N–H and O–H groups in total.